The number of hydrogen-bond acceptors (Lipinski definition) is 2. The zero-order valence-electron chi connectivity index (χ0n) is 6.29. The number of aliphatic hydroxyl groups is 1. The Balaban J connectivity index is 2.08. The standard InChI is InChI=1S/C8H12O3/c9-4-8-1-5(2-8)6(3-8)7(10)11/h5-6,9H,1-4H2,(H,10,11). The van der Waals surface area contributed by atoms with E-state index in [1.165, 1.54) is 0 Å². The van der Waals surface area contributed by atoms with Crippen molar-refractivity contribution in [3.8, 4) is 0 Å². The zero-order valence-corrected chi connectivity index (χ0v) is 6.29. The summed E-state index contributed by atoms with van der Waals surface area (Å²) < 4.78 is 0. The lowest BCUT2D eigenvalue weighted by molar-refractivity contribution is -0.142. The van der Waals surface area contributed by atoms with Crippen LogP contribution < -0.4 is 0 Å². The normalized spacial score (nSPS) is 47.0. The van der Waals surface area contributed by atoms with Gasteiger partial charge in [0.25, 0.3) is 0 Å². The molecular formula is C8H12O3. The molecule has 0 aromatic rings. The van der Waals surface area contributed by atoms with Crippen molar-refractivity contribution in [3.05, 3.63) is 0 Å². The second kappa shape index (κ2) is 1.97. The van der Waals surface area contributed by atoms with Gasteiger partial charge in [-0.25, -0.2) is 0 Å². The van der Waals surface area contributed by atoms with Crippen LogP contribution in [0.15, 0.2) is 0 Å². The lowest BCUT2D eigenvalue weighted by Crippen LogP contribution is -2.31. The van der Waals surface area contributed by atoms with Crippen molar-refractivity contribution in [2.24, 2.45) is 17.3 Å². The molecule has 0 aromatic carbocycles. The van der Waals surface area contributed by atoms with Crippen LogP contribution in [0.3, 0.4) is 0 Å². The third-order valence-electron chi connectivity index (χ3n) is 3.26. The molecule has 1 atom stereocenters. The van der Waals surface area contributed by atoms with E-state index in [1.807, 2.05) is 0 Å². The summed E-state index contributed by atoms with van der Waals surface area (Å²) in [7, 11) is 0. The Hall–Kier alpha value is -0.570. The predicted molar refractivity (Wildman–Crippen MR) is 38.0 cm³/mol. The van der Waals surface area contributed by atoms with Gasteiger partial charge in [-0.1, -0.05) is 0 Å². The summed E-state index contributed by atoms with van der Waals surface area (Å²) in [5.74, 6) is -0.482. The summed E-state index contributed by atoms with van der Waals surface area (Å²) in [6.07, 6.45) is 2.56. The lowest BCUT2D eigenvalue weighted by atomic mass is 9.70. The van der Waals surface area contributed by atoms with E-state index in [1.54, 1.807) is 0 Å². The Bertz CT molecular complexity index is 194. The third-order valence-corrected chi connectivity index (χ3v) is 3.26. The molecule has 3 saturated carbocycles. The highest BCUT2D eigenvalue weighted by molar-refractivity contribution is 5.71. The fourth-order valence-corrected chi connectivity index (χ4v) is 2.62. The zero-order chi connectivity index (χ0) is 8.06. The van der Waals surface area contributed by atoms with Gasteiger partial charge in [-0.15, -0.1) is 0 Å². The van der Waals surface area contributed by atoms with Gasteiger partial charge in [0.15, 0.2) is 0 Å². The first-order valence-corrected chi connectivity index (χ1v) is 4.00. The van der Waals surface area contributed by atoms with Crippen molar-refractivity contribution in [1.29, 1.82) is 0 Å². The van der Waals surface area contributed by atoms with E-state index in [2.05, 4.69) is 0 Å². The molecule has 11 heavy (non-hydrogen) atoms. The van der Waals surface area contributed by atoms with Gasteiger partial charge in [-0.05, 0) is 30.6 Å². The molecule has 3 rings (SSSR count). The van der Waals surface area contributed by atoms with Crippen molar-refractivity contribution in [1.82, 2.24) is 0 Å². The molecule has 1 unspecified atom stereocenters. The van der Waals surface area contributed by atoms with Gasteiger partial charge >= 0.3 is 5.97 Å². The van der Waals surface area contributed by atoms with Gasteiger partial charge in [0.2, 0.25) is 0 Å². The van der Waals surface area contributed by atoms with Gasteiger partial charge in [0.05, 0.1) is 5.92 Å². The number of carboxylic acid groups (broad SMARTS) is 1. The van der Waals surface area contributed by atoms with Crippen LogP contribution in [-0.2, 0) is 4.79 Å². The van der Waals surface area contributed by atoms with Crippen LogP contribution in [0.4, 0.5) is 0 Å². The number of fused-ring (bicyclic) bond motifs is 1. The summed E-state index contributed by atoms with van der Waals surface area (Å²) in [6.45, 7) is 0.174. The summed E-state index contributed by atoms with van der Waals surface area (Å²) >= 11 is 0. The average molecular weight is 156 g/mol. The molecule has 2 bridgehead atoms. The lowest BCUT2D eigenvalue weighted by Gasteiger charge is -2.36. The van der Waals surface area contributed by atoms with Crippen molar-refractivity contribution in [2.45, 2.75) is 19.3 Å². The van der Waals surface area contributed by atoms with Crippen LogP contribution >= 0.6 is 0 Å². The van der Waals surface area contributed by atoms with Gasteiger partial charge in [-0.2, -0.15) is 0 Å². The summed E-state index contributed by atoms with van der Waals surface area (Å²) in [5, 5.41) is 17.7. The summed E-state index contributed by atoms with van der Waals surface area (Å²) in [4.78, 5) is 10.6. The molecule has 0 radical (unpaired) electrons. The molecule has 3 heteroatoms. The van der Waals surface area contributed by atoms with E-state index >= 15 is 0 Å². The van der Waals surface area contributed by atoms with Crippen LogP contribution in [0, 0.1) is 17.3 Å². The van der Waals surface area contributed by atoms with Gasteiger partial charge < -0.3 is 10.2 Å². The highest BCUT2D eigenvalue weighted by Crippen LogP contribution is 2.61. The molecule has 3 fully saturated rings. The largest absolute Gasteiger partial charge is 0.481 e. The van der Waals surface area contributed by atoms with E-state index < -0.39 is 5.97 Å². The molecule has 0 aromatic heterocycles. The first-order chi connectivity index (χ1) is 5.17. The van der Waals surface area contributed by atoms with E-state index in [9.17, 15) is 4.79 Å². The minimum atomic E-state index is -0.678. The Morgan fingerprint density at radius 3 is 2.36 bits per heavy atom. The number of carboxylic acids is 1. The van der Waals surface area contributed by atoms with E-state index in [-0.39, 0.29) is 17.9 Å². The highest BCUT2D eigenvalue weighted by Gasteiger charge is 2.57. The smallest absolute Gasteiger partial charge is 0.306 e. The quantitative estimate of drug-likeness (QED) is 0.611. The molecule has 3 nitrogen and oxygen atoms in total. The molecule has 2 N–H and O–H groups in total. The Morgan fingerprint density at radius 2 is 2.09 bits per heavy atom. The number of aliphatic carboxylic acids is 1. The van der Waals surface area contributed by atoms with Crippen molar-refractivity contribution < 1.29 is 15.0 Å². The van der Waals surface area contributed by atoms with Crippen molar-refractivity contribution in [3.63, 3.8) is 0 Å². The topological polar surface area (TPSA) is 57.5 Å². The van der Waals surface area contributed by atoms with Gasteiger partial charge in [-0.3, -0.25) is 4.79 Å². The number of rotatable bonds is 2. The Morgan fingerprint density at radius 1 is 1.45 bits per heavy atom. The van der Waals surface area contributed by atoms with Gasteiger partial charge in [0.1, 0.15) is 0 Å². The molecule has 0 saturated heterocycles. The van der Waals surface area contributed by atoms with Crippen LogP contribution in [0.5, 0.6) is 0 Å². The monoisotopic (exact) mass is 156 g/mol. The molecule has 0 amide bonds. The maximum atomic E-state index is 10.6. The number of carbonyl (C=O) groups is 1. The molecule has 62 valence electrons. The Labute approximate surface area is 65.0 Å². The predicted octanol–water partition coefficient (Wildman–Crippen LogP) is 0.480. The maximum absolute atomic E-state index is 10.6. The van der Waals surface area contributed by atoms with Crippen LogP contribution in [0.25, 0.3) is 0 Å². The van der Waals surface area contributed by atoms with Crippen LogP contribution in [0.1, 0.15) is 19.3 Å². The minimum absolute atomic E-state index is 0.00766. The first-order valence-electron chi connectivity index (χ1n) is 4.00. The second-order valence-electron chi connectivity index (χ2n) is 3.98. The highest BCUT2D eigenvalue weighted by atomic mass is 16.4. The van der Waals surface area contributed by atoms with E-state index in [4.69, 9.17) is 10.2 Å². The third kappa shape index (κ3) is 0.805. The van der Waals surface area contributed by atoms with Gasteiger partial charge in [0, 0.05) is 6.61 Å². The Kier molecular flexibility index (Phi) is 1.27. The molecular weight excluding hydrogens is 144 g/mol. The minimum Gasteiger partial charge on any atom is -0.481 e. The fourth-order valence-electron chi connectivity index (χ4n) is 2.62. The molecule has 3 aliphatic carbocycles. The number of aliphatic hydroxyl groups excluding tert-OH is 1. The van der Waals surface area contributed by atoms with Crippen molar-refractivity contribution >= 4 is 5.97 Å². The maximum Gasteiger partial charge on any atom is 0.306 e. The van der Waals surface area contributed by atoms with Crippen molar-refractivity contribution in [2.75, 3.05) is 6.61 Å². The van der Waals surface area contributed by atoms with E-state index in [0.29, 0.717) is 12.3 Å². The molecule has 0 heterocycles. The second-order valence-corrected chi connectivity index (χ2v) is 3.98. The molecule has 3 aliphatic rings. The first kappa shape index (κ1) is 7.10. The average Bonchev–Trinajstić information content (AvgIpc) is 2.38. The van der Waals surface area contributed by atoms with Crippen LogP contribution in [-0.4, -0.2) is 22.8 Å². The SMILES string of the molecule is O=C(O)C1CC2(CO)CC1C2. The molecule has 0 aliphatic heterocycles. The summed E-state index contributed by atoms with van der Waals surface area (Å²) in [6, 6.07) is 0. The molecule has 0 spiro atoms. The fraction of sp³-hybridized carbons (Fsp3) is 0.875. The van der Waals surface area contributed by atoms with Crippen LogP contribution in [0.2, 0.25) is 0 Å². The number of hydrogen-bond donors (Lipinski definition) is 2. The van der Waals surface area contributed by atoms with E-state index in [0.717, 1.165) is 12.8 Å². The summed E-state index contributed by atoms with van der Waals surface area (Å²) in [5.41, 5.74) is 0.00766.